The van der Waals surface area contributed by atoms with E-state index >= 15 is 0 Å². The molecule has 0 aliphatic carbocycles. The van der Waals surface area contributed by atoms with Crippen LogP contribution in [0, 0.1) is 0 Å². The van der Waals surface area contributed by atoms with Gasteiger partial charge in [-0.25, -0.2) is 8.42 Å². The molecule has 8 nitrogen and oxygen atoms in total. The van der Waals surface area contributed by atoms with E-state index in [9.17, 15) is 18.0 Å². The molecule has 1 aliphatic rings. The summed E-state index contributed by atoms with van der Waals surface area (Å²) < 4.78 is 30.9. The third-order valence-corrected chi connectivity index (χ3v) is 6.10. The number of carbonyl (C=O) groups is 2. The second-order valence-electron chi connectivity index (χ2n) is 6.61. The highest BCUT2D eigenvalue weighted by atomic mass is 32.2. The zero-order valence-electron chi connectivity index (χ0n) is 16.1. The van der Waals surface area contributed by atoms with Crippen LogP contribution in [0.1, 0.15) is 18.4 Å². The smallest absolute Gasteiger partial charge is 0.305 e. The molecule has 1 aromatic rings. The van der Waals surface area contributed by atoms with Crippen molar-refractivity contribution in [3.63, 3.8) is 0 Å². The monoisotopic (exact) mass is 410 g/mol. The quantitative estimate of drug-likeness (QED) is 0.413. The van der Waals surface area contributed by atoms with E-state index in [-0.39, 0.29) is 18.3 Å². The van der Waals surface area contributed by atoms with E-state index in [4.69, 9.17) is 0 Å². The van der Waals surface area contributed by atoms with Crippen LogP contribution in [0.2, 0.25) is 0 Å². The first-order chi connectivity index (χ1) is 13.4. The lowest BCUT2D eigenvalue weighted by atomic mass is 10.2. The Morgan fingerprint density at radius 1 is 1.21 bits per heavy atom. The van der Waals surface area contributed by atoms with Crippen molar-refractivity contribution >= 4 is 28.0 Å². The first-order valence-electron chi connectivity index (χ1n) is 9.31. The summed E-state index contributed by atoms with van der Waals surface area (Å²) in [4.78, 5) is 24.0. The second kappa shape index (κ2) is 10.9. The summed E-state index contributed by atoms with van der Waals surface area (Å²) in [6, 6.07) is 9.28. The fraction of sp³-hybridized carbons (Fsp3) is 0.474. The Balaban J connectivity index is 1.72. The average molecular weight is 411 g/mol. The maximum absolute atomic E-state index is 12.5. The van der Waals surface area contributed by atoms with Gasteiger partial charge in [0.25, 0.3) is 5.91 Å². The summed E-state index contributed by atoms with van der Waals surface area (Å²) in [5, 5.41) is 4.02. The molecule has 1 amide bonds. The molecule has 0 saturated carbocycles. The molecule has 1 aliphatic heterocycles. The standard InChI is InChI=1S/C19H27N3O5S/c1-27-19(24)8-5-10-20-18(23)16-21-11-13-22(14-12-21)28(25,26)15-9-17-6-3-2-4-7-17/h2-4,6-7,9,15H,5,8,10-14,16H2,1H3,(H,20,23)/p+1/b15-9+. The highest BCUT2D eigenvalue weighted by Crippen LogP contribution is 2.08. The van der Waals surface area contributed by atoms with Crippen LogP contribution in [0.4, 0.5) is 0 Å². The lowest BCUT2D eigenvalue weighted by molar-refractivity contribution is -0.895. The maximum atomic E-state index is 12.5. The van der Waals surface area contributed by atoms with Crippen LogP contribution in [0.5, 0.6) is 0 Å². The van der Waals surface area contributed by atoms with Crippen LogP contribution in [0.3, 0.4) is 0 Å². The third-order valence-electron chi connectivity index (χ3n) is 4.54. The van der Waals surface area contributed by atoms with Crippen LogP contribution in [0.25, 0.3) is 6.08 Å². The SMILES string of the molecule is COC(=O)CCCNC(=O)C[NH+]1CCN(S(=O)(=O)/C=C/c2ccccc2)CC1. The molecule has 2 rings (SSSR count). The molecular formula is C19H28N3O5S+. The lowest BCUT2D eigenvalue weighted by Gasteiger charge is -2.30. The van der Waals surface area contributed by atoms with Gasteiger partial charge in [-0.15, -0.1) is 0 Å². The topological polar surface area (TPSA) is 97.2 Å². The summed E-state index contributed by atoms with van der Waals surface area (Å²) in [5.74, 6) is -0.390. The number of esters is 1. The average Bonchev–Trinajstić information content (AvgIpc) is 2.71. The second-order valence-corrected chi connectivity index (χ2v) is 8.43. The maximum Gasteiger partial charge on any atom is 0.305 e. The van der Waals surface area contributed by atoms with Crippen molar-refractivity contribution in [3.05, 3.63) is 41.3 Å². The van der Waals surface area contributed by atoms with Crippen LogP contribution in [0.15, 0.2) is 35.7 Å². The summed E-state index contributed by atoms with van der Waals surface area (Å²) in [7, 11) is -2.13. The number of carbonyl (C=O) groups excluding carboxylic acids is 2. The van der Waals surface area contributed by atoms with Crippen molar-refractivity contribution in [2.45, 2.75) is 12.8 Å². The fourth-order valence-electron chi connectivity index (χ4n) is 2.90. The van der Waals surface area contributed by atoms with Crippen molar-refractivity contribution in [2.75, 3.05) is 46.4 Å². The van der Waals surface area contributed by atoms with E-state index in [0.29, 0.717) is 45.7 Å². The lowest BCUT2D eigenvalue weighted by Crippen LogP contribution is -3.15. The zero-order valence-corrected chi connectivity index (χ0v) is 16.9. The van der Waals surface area contributed by atoms with Crippen LogP contribution in [-0.4, -0.2) is 71.0 Å². The molecule has 0 unspecified atom stereocenters. The van der Waals surface area contributed by atoms with Gasteiger partial charge in [-0.2, -0.15) is 4.31 Å². The molecule has 1 saturated heterocycles. The number of sulfonamides is 1. The first-order valence-corrected chi connectivity index (χ1v) is 10.8. The van der Waals surface area contributed by atoms with Crippen molar-refractivity contribution in [1.29, 1.82) is 0 Å². The van der Waals surface area contributed by atoms with Gasteiger partial charge in [-0.3, -0.25) is 9.59 Å². The Morgan fingerprint density at radius 2 is 1.89 bits per heavy atom. The Morgan fingerprint density at radius 3 is 2.54 bits per heavy atom. The molecule has 1 fully saturated rings. The molecular weight excluding hydrogens is 382 g/mol. The predicted octanol–water partition coefficient (Wildman–Crippen LogP) is -0.743. The number of nitrogens with one attached hydrogen (secondary N) is 2. The van der Waals surface area contributed by atoms with E-state index in [1.54, 1.807) is 6.08 Å². The van der Waals surface area contributed by atoms with Gasteiger partial charge in [-0.1, -0.05) is 30.3 Å². The highest BCUT2D eigenvalue weighted by molar-refractivity contribution is 7.92. The number of quaternary nitrogens is 1. The number of benzene rings is 1. The number of amides is 1. The Bertz CT molecular complexity index is 772. The van der Waals surface area contributed by atoms with E-state index in [2.05, 4.69) is 10.1 Å². The van der Waals surface area contributed by atoms with Crippen molar-refractivity contribution in [2.24, 2.45) is 0 Å². The van der Waals surface area contributed by atoms with Gasteiger partial charge in [0.05, 0.1) is 33.3 Å². The molecule has 0 aromatic heterocycles. The number of nitrogens with zero attached hydrogens (tertiary/aromatic N) is 1. The molecule has 28 heavy (non-hydrogen) atoms. The molecule has 1 aromatic carbocycles. The third kappa shape index (κ3) is 7.41. The normalized spacial score (nSPS) is 16.2. The minimum Gasteiger partial charge on any atom is -0.469 e. The summed E-state index contributed by atoms with van der Waals surface area (Å²) in [6.45, 7) is 2.64. The molecule has 0 atom stereocenters. The van der Waals surface area contributed by atoms with Gasteiger partial charge in [0.15, 0.2) is 6.54 Å². The van der Waals surface area contributed by atoms with Crippen molar-refractivity contribution in [1.82, 2.24) is 9.62 Å². The summed E-state index contributed by atoms with van der Waals surface area (Å²) in [6.07, 6.45) is 2.40. The molecule has 0 spiro atoms. The molecule has 0 radical (unpaired) electrons. The Hall–Kier alpha value is -2.23. The van der Waals surface area contributed by atoms with Crippen LogP contribution < -0.4 is 10.2 Å². The van der Waals surface area contributed by atoms with Gasteiger partial charge < -0.3 is 15.0 Å². The largest absolute Gasteiger partial charge is 0.469 e. The molecule has 1 heterocycles. The van der Waals surface area contributed by atoms with Crippen LogP contribution >= 0.6 is 0 Å². The van der Waals surface area contributed by atoms with Gasteiger partial charge in [0.1, 0.15) is 0 Å². The Kier molecular flexibility index (Phi) is 8.62. The van der Waals surface area contributed by atoms with Gasteiger partial charge in [0, 0.05) is 18.4 Å². The number of ether oxygens (including phenoxy) is 1. The summed E-state index contributed by atoms with van der Waals surface area (Å²) in [5.41, 5.74) is 0.833. The zero-order chi connectivity index (χ0) is 20.4. The predicted molar refractivity (Wildman–Crippen MR) is 106 cm³/mol. The molecule has 0 bridgehead atoms. The van der Waals surface area contributed by atoms with Crippen LogP contribution in [-0.2, 0) is 24.3 Å². The molecule has 154 valence electrons. The fourth-order valence-corrected chi connectivity index (χ4v) is 4.09. The Labute approximate surface area is 166 Å². The minimum absolute atomic E-state index is 0.0971. The van der Waals surface area contributed by atoms with Gasteiger partial charge in [-0.05, 0) is 18.1 Å². The number of piperazine rings is 1. The van der Waals surface area contributed by atoms with Gasteiger partial charge >= 0.3 is 5.97 Å². The summed E-state index contributed by atoms with van der Waals surface area (Å²) >= 11 is 0. The van der Waals surface area contributed by atoms with E-state index < -0.39 is 10.0 Å². The van der Waals surface area contributed by atoms with E-state index in [0.717, 1.165) is 10.5 Å². The first kappa shape index (κ1) is 22.1. The number of methoxy groups -OCH3 is 1. The number of rotatable bonds is 9. The van der Waals surface area contributed by atoms with Crippen molar-refractivity contribution < 1.29 is 27.6 Å². The van der Waals surface area contributed by atoms with Crippen molar-refractivity contribution in [3.8, 4) is 0 Å². The van der Waals surface area contributed by atoms with Gasteiger partial charge in [0.2, 0.25) is 10.0 Å². The number of hydrogen-bond acceptors (Lipinski definition) is 5. The van der Waals surface area contributed by atoms with E-state index in [1.165, 1.54) is 16.8 Å². The minimum atomic E-state index is -3.47. The molecule has 2 N–H and O–H groups in total. The molecule has 9 heteroatoms. The highest BCUT2D eigenvalue weighted by Gasteiger charge is 2.28. The van der Waals surface area contributed by atoms with E-state index in [1.807, 2.05) is 30.3 Å². The number of hydrogen-bond donors (Lipinski definition) is 2.